The Morgan fingerprint density at radius 2 is 2.18 bits per heavy atom. The molecule has 1 rings (SSSR count). The van der Waals surface area contributed by atoms with Crippen LogP contribution in [0, 0.1) is 0 Å². The fourth-order valence-electron chi connectivity index (χ4n) is 1.44. The van der Waals surface area contributed by atoms with Crippen LogP contribution in [-0.4, -0.2) is 24.8 Å². The first-order chi connectivity index (χ1) is 8.01. The molecule has 5 heteroatoms. The molecular weight excluding hydrogens is 288 g/mol. The lowest BCUT2D eigenvalue weighted by Crippen LogP contribution is -2.08. The molecular formula is C12H15BrO4. The molecule has 0 bridgehead atoms. The Morgan fingerprint density at radius 3 is 2.65 bits per heavy atom. The number of benzene rings is 1. The van der Waals surface area contributed by atoms with Gasteiger partial charge < -0.3 is 14.6 Å². The van der Waals surface area contributed by atoms with Crippen LogP contribution in [0.2, 0.25) is 0 Å². The maximum atomic E-state index is 10.9. The minimum atomic E-state index is -0.871. The van der Waals surface area contributed by atoms with Crippen molar-refractivity contribution >= 4 is 21.9 Å². The minimum absolute atomic E-state index is 0.494. The number of ether oxygens (including phenoxy) is 2. The van der Waals surface area contributed by atoms with Gasteiger partial charge in [0, 0.05) is 0 Å². The third-order valence-electron chi connectivity index (χ3n) is 2.41. The van der Waals surface area contributed by atoms with E-state index in [1.54, 1.807) is 26.2 Å². The van der Waals surface area contributed by atoms with Gasteiger partial charge in [-0.15, -0.1) is 0 Å². The summed E-state index contributed by atoms with van der Waals surface area (Å²) >= 11 is 3.35. The number of rotatable bonds is 5. The zero-order chi connectivity index (χ0) is 13.0. The van der Waals surface area contributed by atoms with Gasteiger partial charge in [-0.2, -0.15) is 0 Å². The molecule has 94 valence electrons. The highest BCUT2D eigenvalue weighted by Gasteiger charge is 2.18. The van der Waals surface area contributed by atoms with Crippen LogP contribution in [0.5, 0.6) is 11.5 Å². The Balaban J connectivity index is 3.23. The van der Waals surface area contributed by atoms with Crippen molar-refractivity contribution in [1.82, 2.24) is 0 Å². The van der Waals surface area contributed by atoms with Crippen LogP contribution in [-0.2, 0) is 4.79 Å². The van der Waals surface area contributed by atoms with Crippen molar-refractivity contribution in [3.05, 3.63) is 22.2 Å². The largest absolute Gasteiger partial charge is 0.492 e. The first-order valence-corrected chi connectivity index (χ1v) is 6.03. The van der Waals surface area contributed by atoms with Gasteiger partial charge in [-0.05, 0) is 47.5 Å². The Morgan fingerprint density at radius 1 is 1.53 bits per heavy atom. The molecule has 17 heavy (non-hydrogen) atoms. The molecule has 4 nitrogen and oxygen atoms in total. The highest BCUT2D eigenvalue weighted by molar-refractivity contribution is 9.10. The van der Waals surface area contributed by atoms with Crippen LogP contribution in [0.3, 0.4) is 0 Å². The van der Waals surface area contributed by atoms with Crippen molar-refractivity contribution in [3.63, 3.8) is 0 Å². The third kappa shape index (κ3) is 3.12. The van der Waals surface area contributed by atoms with E-state index >= 15 is 0 Å². The van der Waals surface area contributed by atoms with Crippen molar-refractivity contribution in [2.75, 3.05) is 13.7 Å². The summed E-state index contributed by atoms with van der Waals surface area (Å²) in [5.74, 6) is -0.332. The van der Waals surface area contributed by atoms with E-state index in [4.69, 9.17) is 14.6 Å². The lowest BCUT2D eigenvalue weighted by molar-refractivity contribution is -0.138. The summed E-state index contributed by atoms with van der Waals surface area (Å²) in [7, 11) is 1.54. The highest BCUT2D eigenvalue weighted by Crippen LogP contribution is 2.38. The predicted octanol–water partition coefficient (Wildman–Crippen LogP) is 3.04. The topological polar surface area (TPSA) is 55.8 Å². The number of methoxy groups -OCH3 is 1. The Bertz CT molecular complexity index is 417. The zero-order valence-corrected chi connectivity index (χ0v) is 11.6. The molecule has 0 aromatic heterocycles. The summed E-state index contributed by atoms with van der Waals surface area (Å²) in [6.45, 7) is 3.99. The molecule has 0 amide bonds. The van der Waals surface area contributed by atoms with Crippen LogP contribution >= 0.6 is 15.9 Å². The number of aliphatic carboxylic acids is 1. The van der Waals surface area contributed by atoms with Crippen molar-refractivity contribution in [2.45, 2.75) is 19.8 Å². The molecule has 1 aromatic carbocycles. The molecule has 0 radical (unpaired) electrons. The molecule has 0 aliphatic rings. The Labute approximate surface area is 109 Å². The van der Waals surface area contributed by atoms with E-state index in [-0.39, 0.29) is 0 Å². The number of halogens is 1. The van der Waals surface area contributed by atoms with Crippen molar-refractivity contribution in [1.29, 1.82) is 0 Å². The van der Waals surface area contributed by atoms with E-state index in [0.717, 1.165) is 0 Å². The van der Waals surface area contributed by atoms with Crippen molar-refractivity contribution in [3.8, 4) is 11.5 Å². The first-order valence-electron chi connectivity index (χ1n) is 5.24. The fraction of sp³-hybridized carbons (Fsp3) is 0.417. The maximum absolute atomic E-state index is 10.9. The number of carboxylic acids is 1. The van der Waals surface area contributed by atoms with E-state index in [0.29, 0.717) is 28.1 Å². The molecule has 1 N–H and O–H groups in total. The predicted molar refractivity (Wildman–Crippen MR) is 67.9 cm³/mol. The molecule has 0 aliphatic heterocycles. The van der Waals surface area contributed by atoms with Crippen LogP contribution in [0.1, 0.15) is 25.3 Å². The second kappa shape index (κ2) is 5.91. The minimum Gasteiger partial charge on any atom is -0.492 e. The van der Waals surface area contributed by atoms with E-state index in [1.165, 1.54) is 0 Å². The normalized spacial score (nSPS) is 12.0. The molecule has 0 aliphatic carbocycles. The lowest BCUT2D eigenvalue weighted by atomic mass is 10.0. The Hall–Kier alpha value is -1.23. The van der Waals surface area contributed by atoms with Gasteiger partial charge in [-0.3, -0.25) is 4.79 Å². The molecule has 0 spiro atoms. The van der Waals surface area contributed by atoms with Crippen molar-refractivity contribution in [2.24, 2.45) is 0 Å². The highest BCUT2D eigenvalue weighted by atomic mass is 79.9. The smallest absolute Gasteiger partial charge is 0.310 e. The van der Waals surface area contributed by atoms with Gasteiger partial charge in [0.15, 0.2) is 11.5 Å². The molecule has 0 fully saturated rings. The molecule has 1 atom stereocenters. The lowest BCUT2D eigenvalue weighted by Gasteiger charge is -2.15. The van der Waals surface area contributed by atoms with E-state index < -0.39 is 11.9 Å². The number of carbonyl (C=O) groups is 1. The van der Waals surface area contributed by atoms with Gasteiger partial charge in [-0.1, -0.05) is 0 Å². The monoisotopic (exact) mass is 302 g/mol. The summed E-state index contributed by atoms with van der Waals surface area (Å²) in [6.07, 6.45) is 0. The molecule has 0 saturated carbocycles. The van der Waals surface area contributed by atoms with Crippen LogP contribution in [0.15, 0.2) is 16.6 Å². The molecule has 0 heterocycles. The van der Waals surface area contributed by atoms with Crippen LogP contribution < -0.4 is 9.47 Å². The second-order valence-electron chi connectivity index (χ2n) is 3.53. The van der Waals surface area contributed by atoms with E-state index in [1.807, 2.05) is 6.92 Å². The van der Waals surface area contributed by atoms with Crippen molar-refractivity contribution < 1.29 is 19.4 Å². The fourth-order valence-corrected chi connectivity index (χ4v) is 2.06. The van der Waals surface area contributed by atoms with Gasteiger partial charge in [0.1, 0.15) is 0 Å². The van der Waals surface area contributed by atoms with Crippen LogP contribution in [0.25, 0.3) is 0 Å². The SMILES string of the molecule is CCOc1cc(C(C)C(=O)O)cc(Br)c1OC. The van der Waals surface area contributed by atoms with Gasteiger partial charge in [-0.25, -0.2) is 0 Å². The average Bonchev–Trinajstić information content (AvgIpc) is 2.28. The summed E-state index contributed by atoms with van der Waals surface area (Å²) in [5, 5.41) is 8.99. The van der Waals surface area contributed by atoms with Gasteiger partial charge in [0.25, 0.3) is 0 Å². The Kier molecular flexibility index (Phi) is 4.81. The summed E-state index contributed by atoms with van der Waals surface area (Å²) in [6, 6.07) is 3.44. The average molecular weight is 303 g/mol. The number of carboxylic acid groups (broad SMARTS) is 1. The van der Waals surface area contributed by atoms with E-state index in [2.05, 4.69) is 15.9 Å². The standard InChI is InChI=1S/C12H15BrO4/c1-4-17-10-6-8(7(2)12(14)15)5-9(13)11(10)16-3/h5-7H,4H2,1-3H3,(H,14,15). The molecule has 1 unspecified atom stereocenters. The van der Waals surface area contributed by atoms with E-state index in [9.17, 15) is 4.79 Å². The van der Waals surface area contributed by atoms with Crippen LogP contribution in [0.4, 0.5) is 0 Å². The summed E-state index contributed by atoms with van der Waals surface area (Å²) in [4.78, 5) is 10.9. The van der Waals surface area contributed by atoms with Gasteiger partial charge in [0.05, 0.1) is 24.1 Å². The summed E-state index contributed by atoms with van der Waals surface area (Å²) < 4.78 is 11.3. The quantitative estimate of drug-likeness (QED) is 0.908. The van der Waals surface area contributed by atoms with Gasteiger partial charge in [0.2, 0.25) is 0 Å². The number of hydrogen-bond acceptors (Lipinski definition) is 3. The maximum Gasteiger partial charge on any atom is 0.310 e. The second-order valence-corrected chi connectivity index (χ2v) is 4.38. The van der Waals surface area contributed by atoms with Gasteiger partial charge >= 0.3 is 5.97 Å². The summed E-state index contributed by atoms with van der Waals surface area (Å²) in [5.41, 5.74) is 0.675. The zero-order valence-electron chi connectivity index (χ0n) is 9.99. The number of hydrogen-bond donors (Lipinski definition) is 1. The molecule has 1 aromatic rings. The first kappa shape index (κ1) is 13.8. The molecule has 0 saturated heterocycles. The third-order valence-corrected chi connectivity index (χ3v) is 3.00.